The SMILES string of the molecule is CC(C)(C)c1nccc(N2CCCC(COc3cnccn3)C2)n1. The fourth-order valence-corrected chi connectivity index (χ4v) is 2.86. The van der Waals surface area contributed by atoms with E-state index in [0.717, 1.165) is 37.6 Å². The molecular weight excluding hydrogens is 302 g/mol. The van der Waals surface area contributed by atoms with E-state index in [9.17, 15) is 0 Å². The number of aromatic nitrogens is 4. The van der Waals surface area contributed by atoms with E-state index in [1.165, 1.54) is 0 Å². The minimum atomic E-state index is -0.0414. The normalized spacial score (nSPS) is 18.5. The van der Waals surface area contributed by atoms with Crippen molar-refractivity contribution >= 4 is 5.82 Å². The fraction of sp³-hybridized carbons (Fsp3) is 0.556. The largest absolute Gasteiger partial charge is 0.476 e. The minimum absolute atomic E-state index is 0.0414. The molecule has 1 aliphatic heterocycles. The van der Waals surface area contributed by atoms with Gasteiger partial charge < -0.3 is 9.64 Å². The first-order chi connectivity index (χ1) is 11.5. The van der Waals surface area contributed by atoms with Gasteiger partial charge in [-0.05, 0) is 18.9 Å². The van der Waals surface area contributed by atoms with Gasteiger partial charge in [-0.15, -0.1) is 0 Å². The molecule has 128 valence electrons. The van der Waals surface area contributed by atoms with Crippen molar-refractivity contribution in [1.29, 1.82) is 0 Å². The molecular formula is C18H25N5O. The van der Waals surface area contributed by atoms with Crippen LogP contribution >= 0.6 is 0 Å². The maximum Gasteiger partial charge on any atom is 0.232 e. The van der Waals surface area contributed by atoms with Gasteiger partial charge in [-0.2, -0.15) is 0 Å². The Kier molecular flexibility index (Phi) is 4.92. The molecule has 0 aromatic carbocycles. The predicted molar refractivity (Wildman–Crippen MR) is 93.2 cm³/mol. The third kappa shape index (κ3) is 4.19. The molecule has 3 rings (SSSR count). The molecule has 0 radical (unpaired) electrons. The van der Waals surface area contributed by atoms with Crippen LogP contribution in [-0.4, -0.2) is 39.6 Å². The van der Waals surface area contributed by atoms with E-state index in [1.54, 1.807) is 18.6 Å². The van der Waals surface area contributed by atoms with E-state index >= 15 is 0 Å². The summed E-state index contributed by atoms with van der Waals surface area (Å²) in [5.74, 6) is 2.96. The summed E-state index contributed by atoms with van der Waals surface area (Å²) in [7, 11) is 0. The molecule has 6 nitrogen and oxygen atoms in total. The fourth-order valence-electron chi connectivity index (χ4n) is 2.86. The lowest BCUT2D eigenvalue weighted by atomic mass is 9.95. The zero-order valence-electron chi connectivity index (χ0n) is 14.6. The van der Waals surface area contributed by atoms with Crippen LogP contribution in [0.5, 0.6) is 5.88 Å². The topological polar surface area (TPSA) is 64.0 Å². The van der Waals surface area contributed by atoms with Crippen LogP contribution in [0.15, 0.2) is 30.9 Å². The van der Waals surface area contributed by atoms with Crippen LogP contribution in [0.25, 0.3) is 0 Å². The first kappa shape index (κ1) is 16.6. The Balaban J connectivity index is 1.63. The summed E-state index contributed by atoms with van der Waals surface area (Å²) in [6.07, 6.45) is 9.12. The molecule has 2 aromatic rings. The van der Waals surface area contributed by atoms with Gasteiger partial charge in [0.25, 0.3) is 0 Å². The van der Waals surface area contributed by atoms with Crippen LogP contribution in [0.1, 0.15) is 39.4 Å². The summed E-state index contributed by atoms with van der Waals surface area (Å²) in [6.45, 7) is 9.05. The Bertz CT molecular complexity index is 656. The van der Waals surface area contributed by atoms with Crippen LogP contribution in [0.2, 0.25) is 0 Å². The number of hydrogen-bond acceptors (Lipinski definition) is 6. The number of rotatable bonds is 4. The van der Waals surface area contributed by atoms with Crippen LogP contribution < -0.4 is 9.64 Å². The first-order valence-electron chi connectivity index (χ1n) is 8.49. The Labute approximate surface area is 143 Å². The zero-order chi connectivity index (χ0) is 17.0. The molecule has 0 bridgehead atoms. The molecule has 0 saturated carbocycles. The maximum absolute atomic E-state index is 5.77. The number of ether oxygens (including phenoxy) is 1. The quantitative estimate of drug-likeness (QED) is 0.860. The first-order valence-corrected chi connectivity index (χ1v) is 8.49. The number of piperidine rings is 1. The van der Waals surface area contributed by atoms with Gasteiger partial charge in [0.1, 0.15) is 11.6 Å². The summed E-state index contributed by atoms with van der Waals surface area (Å²) in [5, 5.41) is 0. The highest BCUT2D eigenvalue weighted by Crippen LogP contribution is 2.24. The average molecular weight is 327 g/mol. The third-order valence-electron chi connectivity index (χ3n) is 4.16. The number of hydrogen-bond donors (Lipinski definition) is 0. The Morgan fingerprint density at radius 1 is 1.21 bits per heavy atom. The van der Waals surface area contributed by atoms with Crippen LogP contribution in [0, 0.1) is 5.92 Å². The van der Waals surface area contributed by atoms with Crippen LogP contribution in [0.3, 0.4) is 0 Å². The highest BCUT2D eigenvalue weighted by Gasteiger charge is 2.24. The summed E-state index contributed by atoms with van der Waals surface area (Å²) in [4.78, 5) is 19.7. The van der Waals surface area contributed by atoms with Crippen molar-refractivity contribution in [3.05, 3.63) is 36.7 Å². The van der Waals surface area contributed by atoms with Gasteiger partial charge in [0.2, 0.25) is 5.88 Å². The second-order valence-electron chi connectivity index (χ2n) is 7.30. The molecule has 1 aliphatic rings. The standard InChI is InChI=1S/C18H25N5O/c1-18(2,3)17-21-7-6-15(22-17)23-10-4-5-14(12-23)13-24-16-11-19-8-9-20-16/h6-9,11,14H,4-5,10,12-13H2,1-3H3. The van der Waals surface area contributed by atoms with Crippen molar-refractivity contribution in [2.24, 2.45) is 5.92 Å². The van der Waals surface area contributed by atoms with Crippen LogP contribution in [-0.2, 0) is 5.41 Å². The molecule has 0 N–H and O–H groups in total. The zero-order valence-corrected chi connectivity index (χ0v) is 14.6. The van der Waals surface area contributed by atoms with Gasteiger partial charge >= 0.3 is 0 Å². The molecule has 3 heterocycles. The number of anilines is 1. The minimum Gasteiger partial charge on any atom is -0.476 e. The predicted octanol–water partition coefficient (Wildman–Crippen LogP) is 2.86. The molecule has 1 fully saturated rings. The van der Waals surface area contributed by atoms with E-state index < -0.39 is 0 Å². The summed E-state index contributed by atoms with van der Waals surface area (Å²) in [6, 6.07) is 2.00. The third-order valence-corrected chi connectivity index (χ3v) is 4.16. The van der Waals surface area contributed by atoms with Crippen molar-refractivity contribution in [3.8, 4) is 5.88 Å². The summed E-state index contributed by atoms with van der Waals surface area (Å²) < 4.78 is 5.77. The van der Waals surface area contributed by atoms with Gasteiger partial charge in [0.05, 0.1) is 12.8 Å². The lowest BCUT2D eigenvalue weighted by molar-refractivity contribution is 0.220. The number of nitrogens with zero attached hydrogens (tertiary/aromatic N) is 5. The molecule has 0 spiro atoms. The molecule has 6 heteroatoms. The van der Waals surface area contributed by atoms with E-state index in [1.807, 2.05) is 12.3 Å². The van der Waals surface area contributed by atoms with Gasteiger partial charge in [0.15, 0.2) is 0 Å². The lowest BCUT2D eigenvalue weighted by Gasteiger charge is -2.33. The second-order valence-corrected chi connectivity index (χ2v) is 7.30. The highest BCUT2D eigenvalue weighted by atomic mass is 16.5. The van der Waals surface area contributed by atoms with Crippen molar-refractivity contribution in [2.75, 3.05) is 24.6 Å². The molecule has 1 saturated heterocycles. The van der Waals surface area contributed by atoms with Crippen LogP contribution in [0.4, 0.5) is 5.82 Å². The van der Waals surface area contributed by atoms with Crippen molar-refractivity contribution in [2.45, 2.75) is 39.0 Å². The average Bonchev–Trinajstić information content (AvgIpc) is 2.60. The van der Waals surface area contributed by atoms with E-state index in [0.29, 0.717) is 18.4 Å². The van der Waals surface area contributed by atoms with Gasteiger partial charge in [0, 0.05) is 43.0 Å². The van der Waals surface area contributed by atoms with Gasteiger partial charge in [-0.25, -0.2) is 15.0 Å². The molecule has 1 atom stereocenters. The van der Waals surface area contributed by atoms with E-state index in [4.69, 9.17) is 9.72 Å². The Morgan fingerprint density at radius 2 is 2.08 bits per heavy atom. The Hall–Kier alpha value is -2.24. The molecule has 0 amide bonds. The van der Waals surface area contributed by atoms with Crippen molar-refractivity contribution in [3.63, 3.8) is 0 Å². The van der Waals surface area contributed by atoms with Crippen molar-refractivity contribution in [1.82, 2.24) is 19.9 Å². The second kappa shape index (κ2) is 7.11. The lowest BCUT2D eigenvalue weighted by Crippen LogP contribution is -2.38. The molecule has 1 unspecified atom stereocenters. The molecule has 0 aliphatic carbocycles. The summed E-state index contributed by atoms with van der Waals surface area (Å²) in [5.41, 5.74) is -0.0414. The van der Waals surface area contributed by atoms with Gasteiger partial charge in [-0.1, -0.05) is 20.8 Å². The van der Waals surface area contributed by atoms with E-state index in [-0.39, 0.29) is 5.41 Å². The smallest absolute Gasteiger partial charge is 0.232 e. The summed E-state index contributed by atoms with van der Waals surface area (Å²) >= 11 is 0. The maximum atomic E-state index is 5.77. The molecule has 24 heavy (non-hydrogen) atoms. The van der Waals surface area contributed by atoms with E-state index in [2.05, 4.69) is 40.6 Å². The Morgan fingerprint density at radius 3 is 2.83 bits per heavy atom. The monoisotopic (exact) mass is 327 g/mol. The molecule has 2 aromatic heterocycles. The van der Waals surface area contributed by atoms with Gasteiger partial charge in [-0.3, -0.25) is 4.98 Å². The highest BCUT2D eigenvalue weighted by molar-refractivity contribution is 5.38. The van der Waals surface area contributed by atoms with Crippen molar-refractivity contribution < 1.29 is 4.74 Å².